The maximum atomic E-state index is 13.2. The van der Waals surface area contributed by atoms with Gasteiger partial charge in [-0.05, 0) is 18.2 Å². The van der Waals surface area contributed by atoms with Crippen molar-refractivity contribution in [3.05, 3.63) is 41.0 Å². The number of hydrogen-bond donors (Lipinski definition) is 5. The van der Waals surface area contributed by atoms with Crippen molar-refractivity contribution in [2.75, 3.05) is 16.0 Å². The predicted molar refractivity (Wildman–Crippen MR) is 138 cm³/mol. The number of aromatic hydroxyl groups is 2. The Bertz CT molecular complexity index is 1290. The minimum Gasteiger partial charge on any atom is -0.507 e. The fourth-order valence-electron chi connectivity index (χ4n) is 3.83. The average Bonchev–Trinajstić information content (AvgIpc) is 2.78. The lowest BCUT2D eigenvalue weighted by molar-refractivity contribution is -0.119. The summed E-state index contributed by atoms with van der Waals surface area (Å²) in [4.78, 5) is 63.1. The molecule has 0 aromatic heterocycles. The lowest BCUT2D eigenvalue weighted by Gasteiger charge is -2.29. The molecule has 0 saturated heterocycles. The number of anilines is 3. The van der Waals surface area contributed by atoms with E-state index in [1.165, 1.54) is 18.2 Å². The van der Waals surface area contributed by atoms with Gasteiger partial charge in [0.1, 0.15) is 5.75 Å². The van der Waals surface area contributed by atoms with Gasteiger partial charge in [0.2, 0.25) is 11.8 Å². The molecule has 0 spiro atoms. The van der Waals surface area contributed by atoms with Gasteiger partial charge in [-0.2, -0.15) is 0 Å². The third kappa shape index (κ3) is 5.63. The van der Waals surface area contributed by atoms with Crippen LogP contribution >= 0.6 is 0 Å². The van der Waals surface area contributed by atoms with Gasteiger partial charge >= 0.3 is 0 Å². The highest BCUT2D eigenvalue weighted by molar-refractivity contribution is 6.20. The Kier molecular flexibility index (Phi) is 7.43. The van der Waals surface area contributed by atoms with Crippen LogP contribution in [-0.4, -0.2) is 39.5 Å². The Morgan fingerprint density at radius 3 is 1.81 bits per heavy atom. The fraction of sp³-hybridized carbons (Fsp3) is 0.370. The summed E-state index contributed by atoms with van der Waals surface area (Å²) in [6.07, 6.45) is -0.167. The van der Waals surface area contributed by atoms with E-state index in [4.69, 9.17) is 0 Å². The molecule has 0 saturated carbocycles. The molecule has 10 heteroatoms. The number of nitrogens with one attached hydrogen (secondary N) is 3. The van der Waals surface area contributed by atoms with Crippen molar-refractivity contribution in [2.45, 2.75) is 48.0 Å². The van der Waals surface area contributed by atoms with E-state index >= 15 is 0 Å². The number of amides is 3. The summed E-state index contributed by atoms with van der Waals surface area (Å²) >= 11 is 0. The zero-order chi connectivity index (χ0) is 27.8. The van der Waals surface area contributed by atoms with Crippen molar-refractivity contribution >= 4 is 46.4 Å². The Balaban J connectivity index is 2.01. The molecule has 0 aliphatic heterocycles. The van der Waals surface area contributed by atoms with Crippen LogP contribution in [0.1, 0.15) is 79.0 Å². The highest BCUT2D eigenvalue weighted by Gasteiger charge is 2.42. The first-order valence-electron chi connectivity index (χ1n) is 11.9. The second-order valence-electron chi connectivity index (χ2n) is 10.4. The van der Waals surface area contributed by atoms with Crippen molar-refractivity contribution in [1.82, 2.24) is 0 Å². The first kappa shape index (κ1) is 27.4. The first-order valence-corrected chi connectivity index (χ1v) is 11.9. The third-order valence-electron chi connectivity index (χ3n) is 6.03. The second-order valence-corrected chi connectivity index (χ2v) is 10.4. The van der Waals surface area contributed by atoms with E-state index in [1.807, 2.05) is 0 Å². The van der Waals surface area contributed by atoms with Crippen molar-refractivity contribution < 1.29 is 34.2 Å². The van der Waals surface area contributed by atoms with Crippen LogP contribution in [-0.2, 0) is 9.59 Å². The zero-order valence-electron chi connectivity index (χ0n) is 21.6. The van der Waals surface area contributed by atoms with Gasteiger partial charge in [0, 0.05) is 46.7 Å². The molecule has 0 unspecified atom stereocenters. The van der Waals surface area contributed by atoms with Crippen LogP contribution < -0.4 is 16.0 Å². The molecule has 2 aromatic rings. The van der Waals surface area contributed by atoms with E-state index in [1.54, 1.807) is 41.5 Å². The number of ketones is 2. The lowest BCUT2D eigenvalue weighted by Crippen LogP contribution is -2.34. The summed E-state index contributed by atoms with van der Waals surface area (Å²) in [5, 5.41) is 29.1. The zero-order valence-corrected chi connectivity index (χ0v) is 21.6. The first-order chi connectivity index (χ1) is 17.1. The summed E-state index contributed by atoms with van der Waals surface area (Å²) in [6.45, 7) is 9.95. The molecule has 0 radical (unpaired) electrons. The molecule has 1 aliphatic carbocycles. The van der Waals surface area contributed by atoms with Crippen LogP contribution in [0.5, 0.6) is 11.5 Å². The van der Waals surface area contributed by atoms with Gasteiger partial charge < -0.3 is 26.2 Å². The lowest BCUT2D eigenvalue weighted by atomic mass is 9.72. The van der Waals surface area contributed by atoms with Crippen molar-refractivity contribution in [3.8, 4) is 11.5 Å². The Hall–Kier alpha value is -4.21. The molecule has 196 valence electrons. The van der Waals surface area contributed by atoms with Crippen molar-refractivity contribution in [3.63, 3.8) is 0 Å². The molecule has 1 aliphatic rings. The minimum absolute atomic E-state index is 0.0146. The SMILES string of the molecule is CC(C)C(=O)Nc1cc(NC(=O)C(C)C)cc(C(=O)Nc2cc(O)c3c(c2O)C(=O)CC(C)(C)C3=O)c1. The number of Topliss-reactive ketones (excluding diaryl/α,β-unsaturated/α-hetero) is 2. The predicted octanol–water partition coefficient (Wildman–Crippen LogP) is 4.33. The quantitative estimate of drug-likeness (QED) is 0.286. The number of phenolic OH excluding ortho intramolecular Hbond substituents is 2. The number of rotatable bonds is 6. The summed E-state index contributed by atoms with van der Waals surface area (Å²) in [6, 6.07) is 5.27. The average molecular weight is 510 g/mol. The van der Waals surface area contributed by atoms with Gasteiger partial charge in [-0.1, -0.05) is 41.5 Å². The van der Waals surface area contributed by atoms with E-state index in [2.05, 4.69) is 16.0 Å². The summed E-state index contributed by atoms with van der Waals surface area (Å²) in [5.74, 6) is -4.26. The smallest absolute Gasteiger partial charge is 0.255 e. The molecule has 37 heavy (non-hydrogen) atoms. The van der Waals surface area contributed by atoms with Crippen LogP contribution in [0.25, 0.3) is 0 Å². The fourth-order valence-corrected chi connectivity index (χ4v) is 3.83. The van der Waals surface area contributed by atoms with Crippen LogP contribution in [0.3, 0.4) is 0 Å². The topological polar surface area (TPSA) is 162 Å². The minimum atomic E-state index is -1.05. The van der Waals surface area contributed by atoms with Gasteiger partial charge in [-0.15, -0.1) is 0 Å². The normalized spacial score (nSPS) is 14.4. The third-order valence-corrected chi connectivity index (χ3v) is 6.03. The van der Waals surface area contributed by atoms with Gasteiger partial charge in [-0.25, -0.2) is 0 Å². The molecular weight excluding hydrogens is 478 g/mol. The van der Waals surface area contributed by atoms with E-state index in [0.717, 1.165) is 6.07 Å². The monoisotopic (exact) mass is 509 g/mol. The van der Waals surface area contributed by atoms with E-state index in [0.29, 0.717) is 0 Å². The molecule has 3 rings (SSSR count). The second kappa shape index (κ2) is 10.0. The molecular formula is C27H31N3O7. The summed E-state index contributed by atoms with van der Waals surface area (Å²) in [5.41, 5.74) is -1.42. The van der Waals surface area contributed by atoms with E-state index < -0.39 is 34.4 Å². The number of carbonyl (C=O) groups excluding carboxylic acids is 5. The summed E-state index contributed by atoms with van der Waals surface area (Å²) in [7, 11) is 0. The van der Waals surface area contributed by atoms with Crippen LogP contribution in [0.2, 0.25) is 0 Å². The van der Waals surface area contributed by atoms with E-state index in [9.17, 15) is 34.2 Å². The number of carbonyl (C=O) groups is 5. The number of phenols is 2. The van der Waals surface area contributed by atoms with Crippen LogP contribution in [0, 0.1) is 17.3 Å². The molecule has 3 amide bonds. The standard InChI is InChI=1S/C27H31N3O7/c1-12(2)24(35)28-15-7-14(8-16(9-15)29-25(36)13(3)4)26(37)30-17-10-18(31)21-20(22(17)33)19(32)11-27(5,6)23(21)34/h7-10,12-13,31,33H,11H2,1-6H3,(H,28,35)(H,29,36)(H,30,37). The van der Waals surface area contributed by atoms with Crippen LogP contribution in [0.15, 0.2) is 24.3 Å². The number of benzene rings is 2. The molecule has 0 fully saturated rings. The van der Waals surface area contributed by atoms with Crippen molar-refractivity contribution in [2.24, 2.45) is 17.3 Å². The molecule has 10 nitrogen and oxygen atoms in total. The van der Waals surface area contributed by atoms with Gasteiger partial charge in [0.05, 0.1) is 16.8 Å². The highest BCUT2D eigenvalue weighted by atomic mass is 16.3. The summed E-state index contributed by atoms with van der Waals surface area (Å²) < 4.78 is 0. The largest absolute Gasteiger partial charge is 0.507 e. The molecule has 0 bridgehead atoms. The van der Waals surface area contributed by atoms with Crippen LogP contribution in [0.4, 0.5) is 17.1 Å². The maximum absolute atomic E-state index is 13.2. The van der Waals surface area contributed by atoms with Crippen molar-refractivity contribution in [1.29, 1.82) is 0 Å². The van der Waals surface area contributed by atoms with Gasteiger partial charge in [0.15, 0.2) is 17.3 Å². The highest BCUT2D eigenvalue weighted by Crippen LogP contribution is 2.45. The Morgan fingerprint density at radius 1 is 0.811 bits per heavy atom. The van der Waals surface area contributed by atoms with E-state index in [-0.39, 0.29) is 63.8 Å². The number of fused-ring (bicyclic) bond motifs is 1. The number of hydrogen-bond acceptors (Lipinski definition) is 7. The van der Waals surface area contributed by atoms with Gasteiger partial charge in [-0.3, -0.25) is 24.0 Å². The van der Waals surface area contributed by atoms with Gasteiger partial charge in [0.25, 0.3) is 5.91 Å². The Morgan fingerprint density at radius 2 is 1.32 bits per heavy atom. The maximum Gasteiger partial charge on any atom is 0.255 e. The molecule has 5 N–H and O–H groups in total. The molecule has 0 heterocycles. The molecule has 0 atom stereocenters. The molecule has 2 aromatic carbocycles. The Labute approximate surface area is 214 Å².